The lowest BCUT2D eigenvalue weighted by atomic mass is 10.2. The third kappa shape index (κ3) is 4.44. The number of aromatic nitrogens is 5. The van der Waals surface area contributed by atoms with E-state index in [1.807, 2.05) is 41.8 Å². The summed E-state index contributed by atoms with van der Waals surface area (Å²) in [7, 11) is 0. The van der Waals surface area contributed by atoms with Gasteiger partial charge in [0.15, 0.2) is 16.6 Å². The van der Waals surface area contributed by atoms with Crippen LogP contribution in [-0.4, -0.2) is 30.7 Å². The van der Waals surface area contributed by atoms with E-state index in [1.165, 1.54) is 11.3 Å². The van der Waals surface area contributed by atoms with E-state index in [9.17, 15) is 4.79 Å². The van der Waals surface area contributed by atoms with Gasteiger partial charge in [-0.25, -0.2) is 4.98 Å². The molecule has 0 unspecified atom stereocenters. The Kier molecular flexibility index (Phi) is 5.45. The number of amides is 1. The summed E-state index contributed by atoms with van der Waals surface area (Å²) in [6.07, 6.45) is 2.34. The first-order valence-electron chi connectivity index (χ1n) is 8.56. The number of halogens is 1. The van der Waals surface area contributed by atoms with Crippen LogP contribution in [0.5, 0.6) is 0 Å². The first-order valence-corrected chi connectivity index (χ1v) is 9.82. The maximum absolute atomic E-state index is 12.0. The Balaban J connectivity index is 1.40. The molecule has 8 nitrogen and oxygen atoms in total. The number of rotatable bonds is 7. The van der Waals surface area contributed by atoms with E-state index in [0.29, 0.717) is 40.4 Å². The van der Waals surface area contributed by atoms with Crippen molar-refractivity contribution in [1.29, 1.82) is 0 Å². The summed E-state index contributed by atoms with van der Waals surface area (Å²) >= 11 is 7.29. The lowest BCUT2D eigenvalue weighted by molar-refractivity contribution is -0.116. The molecule has 1 amide bonds. The molecule has 2 N–H and O–H groups in total. The van der Waals surface area contributed by atoms with Gasteiger partial charge < -0.3 is 10.6 Å². The maximum atomic E-state index is 12.0. The zero-order valence-electron chi connectivity index (χ0n) is 14.7. The van der Waals surface area contributed by atoms with E-state index < -0.39 is 0 Å². The Hall–Kier alpha value is -3.04. The van der Waals surface area contributed by atoms with Crippen molar-refractivity contribution in [3.8, 4) is 0 Å². The van der Waals surface area contributed by atoms with Crippen molar-refractivity contribution in [2.75, 3.05) is 10.6 Å². The number of benzene rings is 1. The molecule has 28 heavy (non-hydrogen) atoms. The highest BCUT2D eigenvalue weighted by Gasteiger charge is 2.11. The van der Waals surface area contributed by atoms with E-state index in [0.717, 1.165) is 5.56 Å². The zero-order chi connectivity index (χ0) is 19.3. The van der Waals surface area contributed by atoms with Gasteiger partial charge in [-0.3, -0.25) is 4.79 Å². The predicted molar refractivity (Wildman–Crippen MR) is 109 cm³/mol. The fourth-order valence-electron chi connectivity index (χ4n) is 2.57. The number of nitrogens with one attached hydrogen (secondary N) is 2. The molecule has 4 aromatic rings. The lowest BCUT2D eigenvalue weighted by Crippen LogP contribution is -2.13. The van der Waals surface area contributed by atoms with Crippen LogP contribution in [0.25, 0.3) is 5.65 Å². The molecule has 0 saturated carbocycles. The first-order chi connectivity index (χ1) is 13.7. The van der Waals surface area contributed by atoms with Gasteiger partial charge in [-0.2, -0.15) is 4.52 Å². The predicted octanol–water partition coefficient (Wildman–Crippen LogP) is 3.42. The van der Waals surface area contributed by atoms with Crippen molar-refractivity contribution in [3.63, 3.8) is 0 Å². The molecule has 0 fully saturated rings. The van der Waals surface area contributed by atoms with E-state index in [2.05, 4.69) is 30.9 Å². The SMILES string of the molecule is O=C(CCc1nnc2ccc(NCc3ccc(Cl)cc3)nn12)Nc1nccs1. The number of fused-ring (bicyclic) bond motifs is 1. The summed E-state index contributed by atoms with van der Waals surface area (Å²) in [5, 5.41) is 21.9. The highest BCUT2D eigenvalue weighted by Crippen LogP contribution is 2.14. The minimum Gasteiger partial charge on any atom is -0.365 e. The molecule has 0 radical (unpaired) electrons. The molecule has 10 heteroatoms. The second kappa shape index (κ2) is 8.32. The maximum Gasteiger partial charge on any atom is 0.226 e. The van der Waals surface area contributed by atoms with Gasteiger partial charge in [0.1, 0.15) is 5.82 Å². The smallest absolute Gasteiger partial charge is 0.226 e. The molecule has 0 aliphatic rings. The summed E-state index contributed by atoms with van der Waals surface area (Å²) in [5.41, 5.74) is 1.72. The Morgan fingerprint density at radius 1 is 1.14 bits per heavy atom. The molecule has 0 bridgehead atoms. The van der Waals surface area contributed by atoms with Crippen LogP contribution in [0, 0.1) is 0 Å². The van der Waals surface area contributed by atoms with Crippen LogP contribution in [0.1, 0.15) is 17.8 Å². The van der Waals surface area contributed by atoms with Gasteiger partial charge >= 0.3 is 0 Å². The van der Waals surface area contributed by atoms with Gasteiger partial charge in [-0.05, 0) is 29.8 Å². The van der Waals surface area contributed by atoms with Crippen molar-refractivity contribution >= 4 is 45.4 Å². The standard InChI is InChI=1S/C18H16ClN7OS/c19-13-3-1-12(2-4-13)11-21-14-5-6-15-23-24-16(26(15)25-14)7-8-17(27)22-18-20-9-10-28-18/h1-6,9-10H,7-8,11H2,(H,21,25)(H,20,22,27). The van der Waals surface area contributed by atoms with E-state index in [1.54, 1.807) is 10.7 Å². The molecule has 1 aromatic carbocycles. The van der Waals surface area contributed by atoms with Crippen molar-refractivity contribution < 1.29 is 4.79 Å². The second-order valence-electron chi connectivity index (χ2n) is 5.97. The number of carbonyl (C=O) groups excluding carboxylic acids is 1. The zero-order valence-corrected chi connectivity index (χ0v) is 16.2. The van der Waals surface area contributed by atoms with E-state index in [4.69, 9.17) is 11.6 Å². The average Bonchev–Trinajstić information content (AvgIpc) is 3.35. The highest BCUT2D eigenvalue weighted by molar-refractivity contribution is 7.13. The minimum atomic E-state index is -0.122. The quantitative estimate of drug-likeness (QED) is 0.482. The van der Waals surface area contributed by atoms with Gasteiger partial charge in [-0.15, -0.1) is 26.6 Å². The number of hydrogen-bond donors (Lipinski definition) is 2. The topological polar surface area (TPSA) is 97.1 Å². The summed E-state index contributed by atoms with van der Waals surface area (Å²) < 4.78 is 1.65. The molecule has 142 valence electrons. The number of nitrogens with zero attached hydrogens (tertiary/aromatic N) is 5. The van der Waals surface area contributed by atoms with Crippen LogP contribution >= 0.6 is 22.9 Å². The summed E-state index contributed by atoms with van der Waals surface area (Å²) in [6.45, 7) is 0.614. The minimum absolute atomic E-state index is 0.122. The number of thiazole rings is 1. The Morgan fingerprint density at radius 2 is 2.00 bits per heavy atom. The molecule has 3 heterocycles. The average molecular weight is 414 g/mol. The number of hydrogen-bond acceptors (Lipinski definition) is 7. The van der Waals surface area contributed by atoms with Crippen LogP contribution in [0.3, 0.4) is 0 Å². The summed E-state index contributed by atoms with van der Waals surface area (Å²) in [6, 6.07) is 11.3. The Morgan fingerprint density at radius 3 is 2.79 bits per heavy atom. The molecule has 4 rings (SSSR count). The molecule has 0 saturated heterocycles. The van der Waals surface area contributed by atoms with Crippen molar-refractivity contribution in [3.05, 3.63) is 64.4 Å². The van der Waals surface area contributed by atoms with Gasteiger partial charge in [0.25, 0.3) is 0 Å². The first kappa shape index (κ1) is 18.3. The molecular weight excluding hydrogens is 398 g/mol. The van der Waals surface area contributed by atoms with Gasteiger partial charge in [0, 0.05) is 36.0 Å². The van der Waals surface area contributed by atoms with Crippen LogP contribution in [0.4, 0.5) is 10.9 Å². The van der Waals surface area contributed by atoms with Crippen molar-refractivity contribution in [2.24, 2.45) is 0 Å². The molecule has 0 aliphatic carbocycles. The molecule has 0 atom stereocenters. The largest absolute Gasteiger partial charge is 0.365 e. The van der Waals surface area contributed by atoms with Crippen LogP contribution < -0.4 is 10.6 Å². The fraction of sp³-hybridized carbons (Fsp3) is 0.167. The third-order valence-electron chi connectivity index (χ3n) is 3.97. The lowest BCUT2D eigenvalue weighted by Gasteiger charge is -2.07. The summed E-state index contributed by atoms with van der Waals surface area (Å²) in [4.78, 5) is 16.1. The van der Waals surface area contributed by atoms with Gasteiger partial charge in [0.05, 0.1) is 0 Å². The van der Waals surface area contributed by atoms with Gasteiger partial charge in [0.2, 0.25) is 5.91 Å². The Labute approximate surface area is 169 Å². The monoisotopic (exact) mass is 413 g/mol. The van der Waals surface area contributed by atoms with Crippen molar-refractivity contribution in [1.82, 2.24) is 24.8 Å². The molecule has 3 aromatic heterocycles. The fourth-order valence-corrected chi connectivity index (χ4v) is 3.24. The van der Waals surface area contributed by atoms with Crippen molar-refractivity contribution in [2.45, 2.75) is 19.4 Å². The number of carbonyl (C=O) groups is 1. The summed E-state index contributed by atoms with van der Waals surface area (Å²) in [5.74, 6) is 1.19. The number of anilines is 2. The van der Waals surface area contributed by atoms with Gasteiger partial charge in [-0.1, -0.05) is 23.7 Å². The van der Waals surface area contributed by atoms with Crippen LogP contribution in [0.15, 0.2) is 48.0 Å². The molecular formula is C18H16ClN7OS. The van der Waals surface area contributed by atoms with Crippen LogP contribution in [-0.2, 0) is 17.8 Å². The normalized spacial score (nSPS) is 10.9. The Bertz CT molecular complexity index is 1080. The van der Waals surface area contributed by atoms with E-state index >= 15 is 0 Å². The van der Waals surface area contributed by atoms with Crippen LogP contribution in [0.2, 0.25) is 5.02 Å². The second-order valence-corrected chi connectivity index (χ2v) is 7.30. The van der Waals surface area contributed by atoms with E-state index in [-0.39, 0.29) is 12.3 Å². The highest BCUT2D eigenvalue weighted by atomic mass is 35.5. The molecule has 0 spiro atoms. The number of aryl methyl sites for hydroxylation is 1. The third-order valence-corrected chi connectivity index (χ3v) is 4.91. The molecule has 0 aliphatic heterocycles.